The number of carbonyl (C=O) groups is 1. The third-order valence-corrected chi connectivity index (χ3v) is 8.50. The summed E-state index contributed by atoms with van der Waals surface area (Å²) in [5.41, 5.74) is 7.47. The van der Waals surface area contributed by atoms with Crippen molar-refractivity contribution in [2.75, 3.05) is 23.8 Å². The van der Waals surface area contributed by atoms with Crippen LogP contribution in [-0.4, -0.2) is 48.0 Å². The number of nitrogens with zero attached hydrogens (tertiary/aromatic N) is 4. The molecule has 1 atom stereocenters. The number of sulfonamides is 1. The number of hydrogen-bond acceptors (Lipinski definition) is 9. The van der Waals surface area contributed by atoms with Gasteiger partial charge in [0.05, 0.1) is 23.6 Å². The summed E-state index contributed by atoms with van der Waals surface area (Å²) in [4.78, 5) is 29.0. The van der Waals surface area contributed by atoms with Crippen LogP contribution in [0.5, 0.6) is 5.88 Å². The van der Waals surface area contributed by atoms with E-state index in [1.165, 1.54) is 18.2 Å². The van der Waals surface area contributed by atoms with Crippen LogP contribution >= 0.6 is 0 Å². The van der Waals surface area contributed by atoms with Crippen LogP contribution in [0.15, 0.2) is 47.5 Å². The van der Waals surface area contributed by atoms with Gasteiger partial charge in [-0.05, 0) is 68.9 Å². The quantitative estimate of drug-likeness (QED) is 0.420. The molecule has 3 aromatic rings. The molecule has 1 fully saturated rings. The highest BCUT2D eigenvalue weighted by Crippen LogP contribution is 2.39. The SMILES string of the molecule is Cc1ccc(-c2ccc(C(=O)NS(=O)(=O)c3cccc(N)n3)c(N3CCC(C)C3(C)C)n2)nc1OCC(C)(C)C. The lowest BCUT2D eigenvalue weighted by Gasteiger charge is -2.36. The minimum absolute atomic E-state index is 0.0336. The van der Waals surface area contributed by atoms with Gasteiger partial charge >= 0.3 is 0 Å². The van der Waals surface area contributed by atoms with Crippen LogP contribution < -0.4 is 20.1 Å². The van der Waals surface area contributed by atoms with Gasteiger partial charge in [0, 0.05) is 17.6 Å². The molecule has 1 unspecified atom stereocenters. The van der Waals surface area contributed by atoms with Crippen LogP contribution in [0, 0.1) is 18.3 Å². The predicted molar refractivity (Wildman–Crippen MR) is 156 cm³/mol. The Hall–Kier alpha value is -3.73. The Labute approximate surface area is 236 Å². The summed E-state index contributed by atoms with van der Waals surface area (Å²) in [5.74, 6) is 0.461. The van der Waals surface area contributed by atoms with E-state index in [9.17, 15) is 13.2 Å². The Morgan fingerprint density at radius 3 is 2.40 bits per heavy atom. The molecule has 0 aliphatic carbocycles. The van der Waals surface area contributed by atoms with Crippen LogP contribution in [0.25, 0.3) is 11.4 Å². The van der Waals surface area contributed by atoms with Crippen molar-refractivity contribution >= 4 is 27.6 Å². The number of pyridine rings is 3. The van der Waals surface area contributed by atoms with Gasteiger partial charge in [0.1, 0.15) is 11.6 Å². The molecule has 10 nitrogen and oxygen atoms in total. The monoisotopic (exact) mass is 566 g/mol. The maximum absolute atomic E-state index is 13.5. The number of rotatable bonds is 7. The summed E-state index contributed by atoms with van der Waals surface area (Å²) in [6.45, 7) is 15.7. The van der Waals surface area contributed by atoms with Crippen LogP contribution in [0.4, 0.5) is 11.6 Å². The smallest absolute Gasteiger partial charge is 0.281 e. The third-order valence-electron chi connectivity index (χ3n) is 7.27. The summed E-state index contributed by atoms with van der Waals surface area (Å²) in [6.07, 6.45) is 0.902. The molecular formula is C29H38N6O4S. The van der Waals surface area contributed by atoms with Crippen LogP contribution in [0.2, 0.25) is 0 Å². The fourth-order valence-electron chi connectivity index (χ4n) is 4.48. The summed E-state index contributed by atoms with van der Waals surface area (Å²) < 4.78 is 34.1. The van der Waals surface area contributed by atoms with Crippen LogP contribution in [0.3, 0.4) is 0 Å². The maximum Gasteiger partial charge on any atom is 0.281 e. The standard InChI is InChI=1S/C29H38N6O4S/c1-18-11-13-22(32-27(18)39-17-28(3,4)5)21-14-12-20(25(31-21)35-16-15-19(2)29(35,6)7)26(36)34-40(37,38)24-10-8-9-23(30)33-24/h8-14,19H,15-17H2,1-7H3,(H2,30,33)(H,34,36). The Morgan fingerprint density at radius 1 is 1.10 bits per heavy atom. The second-order valence-corrected chi connectivity index (χ2v) is 13.7. The lowest BCUT2D eigenvalue weighted by Crippen LogP contribution is -2.43. The second kappa shape index (κ2) is 10.7. The fraction of sp³-hybridized carbons (Fsp3) is 0.448. The molecule has 3 aromatic heterocycles. The van der Waals surface area contributed by atoms with Crippen LogP contribution in [0.1, 0.15) is 63.9 Å². The molecular weight excluding hydrogens is 528 g/mol. The van der Waals surface area contributed by atoms with Gasteiger partial charge < -0.3 is 15.4 Å². The molecule has 214 valence electrons. The van der Waals surface area contributed by atoms with E-state index in [-0.39, 0.29) is 27.4 Å². The summed E-state index contributed by atoms with van der Waals surface area (Å²) >= 11 is 0. The van der Waals surface area contributed by atoms with Gasteiger partial charge in [-0.2, -0.15) is 8.42 Å². The van der Waals surface area contributed by atoms with Gasteiger partial charge in [-0.3, -0.25) is 4.79 Å². The number of nitrogen functional groups attached to an aromatic ring is 1. The summed E-state index contributed by atoms with van der Waals surface area (Å²) in [7, 11) is -4.27. The Morgan fingerprint density at radius 2 is 1.77 bits per heavy atom. The van der Waals surface area contributed by atoms with Gasteiger partial charge in [-0.25, -0.2) is 19.7 Å². The molecule has 3 N–H and O–H groups in total. The number of ether oxygens (including phenoxy) is 1. The fourth-order valence-corrected chi connectivity index (χ4v) is 5.42. The third kappa shape index (κ3) is 6.19. The van der Waals surface area contributed by atoms with Crippen molar-refractivity contribution in [1.82, 2.24) is 19.7 Å². The maximum atomic E-state index is 13.5. The number of aryl methyl sites for hydroxylation is 1. The first-order valence-electron chi connectivity index (χ1n) is 13.3. The summed E-state index contributed by atoms with van der Waals surface area (Å²) in [5, 5.41) is -0.339. The molecule has 0 aromatic carbocycles. The van der Waals surface area contributed by atoms with E-state index in [0.717, 1.165) is 12.0 Å². The lowest BCUT2D eigenvalue weighted by atomic mass is 9.90. The average Bonchev–Trinajstić information content (AvgIpc) is 3.14. The molecule has 1 amide bonds. The van der Waals surface area contributed by atoms with Crippen molar-refractivity contribution in [3.8, 4) is 17.3 Å². The van der Waals surface area contributed by atoms with E-state index in [1.54, 1.807) is 12.1 Å². The number of amides is 1. The number of aromatic nitrogens is 3. The Balaban J connectivity index is 1.75. The van der Waals surface area contributed by atoms with E-state index < -0.39 is 15.9 Å². The molecule has 0 saturated carbocycles. The van der Waals surface area contributed by atoms with Gasteiger partial charge in [0.15, 0.2) is 5.03 Å². The van der Waals surface area contributed by atoms with E-state index in [0.29, 0.717) is 42.2 Å². The largest absolute Gasteiger partial charge is 0.477 e. The molecule has 1 aliphatic heterocycles. The minimum Gasteiger partial charge on any atom is -0.477 e. The summed E-state index contributed by atoms with van der Waals surface area (Å²) in [6, 6.07) is 11.3. The van der Waals surface area contributed by atoms with Crippen molar-refractivity contribution < 1.29 is 17.9 Å². The van der Waals surface area contributed by atoms with Gasteiger partial charge in [0.2, 0.25) is 5.88 Å². The van der Waals surface area contributed by atoms with Crippen molar-refractivity contribution in [2.24, 2.45) is 11.3 Å². The average molecular weight is 567 g/mol. The Bertz CT molecular complexity index is 1530. The van der Waals surface area contributed by atoms with Crippen molar-refractivity contribution in [1.29, 1.82) is 0 Å². The number of anilines is 2. The van der Waals surface area contributed by atoms with Crippen molar-refractivity contribution in [3.05, 3.63) is 53.6 Å². The van der Waals surface area contributed by atoms with Gasteiger partial charge in [0.25, 0.3) is 15.9 Å². The first-order chi connectivity index (χ1) is 18.6. The zero-order chi connectivity index (χ0) is 29.5. The first kappa shape index (κ1) is 29.3. The second-order valence-electron chi connectivity index (χ2n) is 12.1. The highest BCUT2D eigenvalue weighted by atomic mass is 32.2. The zero-order valence-corrected chi connectivity index (χ0v) is 25.0. The van der Waals surface area contributed by atoms with Crippen LogP contribution in [-0.2, 0) is 10.0 Å². The first-order valence-corrected chi connectivity index (χ1v) is 14.8. The molecule has 1 aliphatic rings. The molecule has 11 heteroatoms. The number of nitrogens with two attached hydrogens (primary N) is 1. The van der Waals surface area contributed by atoms with Crippen molar-refractivity contribution in [3.63, 3.8) is 0 Å². The molecule has 4 rings (SSSR count). The molecule has 4 heterocycles. The molecule has 0 bridgehead atoms. The highest BCUT2D eigenvalue weighted by molar-refractivity contribution is 7.90. The minimum atomic E-state index is -4.27. The topological polar surface area (TPSA) is 140 Å². The number of nitrogens with one attached hydrogen (secondary N) is 1. The van der Waals surface area contributed by atoms with Crippen molar-refractivity contribution in [2.45, 2.75) is 65.5 Å². The molecule has 0 spiro atoms. The van der Waals surface area contributed by atoms with E-state index in [4.69, 9.17) is 20.4 Å². The lowest BCUT2D eigenvalue weighted by molar-refractivity contribution is 0.0981. The van der Waals surface area contributed by atoms with E-state index in [1.807, 2.05) is 19.1 Å². The molecule has 40 heavy (non-hydrogen) atoms. The van der Waals surface area contributed by atoms with E-state index >= 15 is 0 Å². The van der Waals surface area contributed by atoms with Gasteiger partial charge in [-0.15, -0.1) is 0 Å². The number of carbonyl (C=O) groups excluding carboxylic acids is 1. The van der Waals surface area contributed by atoms with Gasteiger partial charge in [-0.1, -0.05) is 39.8 Å². The highest BCUT2D eigenvalue weighted by Gasteiger charge is 2.41. The number of hydrogen-bond donors (Lipinski definition) is 2. The van der Waals surface area contributed by atoms with E-state index in [2.05, 4.69) is 56.1 Å². The predicted octanol–water partition coefficient (Wildman–Crippen LogP) is 4.60. The molecule has 0 radical (unpaired) electrons. The zero-order valence-electron chi connectivity index (χ0n) is 24.1. The Kier molecular flexibility index (Phi) is 7.81. The normalized spacial score (nSPS) is 17.1. The molecule has 1 saturated heterocycles.